The second kappa shape index (κ2) is 6.76. The first-order valence-electron chi connectivity index (χ1n) is 7.15. The molecule has 0 bridgehead atoms. The van der Waals surface area contributed by atoms with E-state index < -0.39 is 17.7 Å². The van der Waals surface area contributed by atoms with Crippen molar-refractivity contribution in [3.8, 4) is 11.5 Å². The highest BCUT2D eigenvalue weighted by molar-refractivity contribution is 5.89. The summed E-state index contributed by atoms with van der Waals surface area (Å²) in [6.45, 7) is -0.338. The Bertz CT molecular complexity index is 876. The van der Waals surface area contributed by atoms with Crippen LogP contribution in [0.15, 0.2) is 59.0 Å². The van der Waals surface area contributed by atoms with Crippen molar-refractivity contribution in [2.24, 2.45) is 0 Å². The van der Waals surface area contributed by atoms with Crippen LogP contribution >= 0.6 is 0 Å². The van der Waals surface area contributed by atoms with Crippen molar-refractivity contribution in [1.82, 2.24) is 10.2 Å². The van der Waals surface area contributed by atoms with Crippen molar-refractivity contribution in [3.63, 3.8) is 0 Å². The number of esters is 1. The maximum atomic E-state index is 12.7. The summed E-state index contributed by atoms with van der Waals surface area (Å²) in [5.74, 6) is -0.615. The molecule has 0 saturated carbocycles. The SMILES string of the molecule is O=C(OCc1nnc(-c2ccccc2)o1)c1cccc(C(F)(F)F)c1. The summed E-state index contributed by atoms with van der Waals surface area (Å²) in [6.07, 6.45) is -4.53. The third-order valence-corrected chi connectivity index (χ3v) is 3.24. The number of carbonyl (C=O) groups is 1. The lowest BCUT2D eigenvalue weighted by molar-refractivity contribution is -0.137. The maximum absolute atomic E-state index is 12.7. The topological polar surface area (TPSA) is 65.2 Å². The molecule has 1 heterocycles. The van der Waals surface area contributed by atoms with Gasteiger partial charge in [0.05, 0.1) is 11.1 Å². The summed E-state index contributed by atoms with van der Waals surface area (Å²) in [7, 11) is 0. The number of ether oxygens (including phenoxy) is 1. The number of nitrogens with zero attached hydrogens (tertiary/aromatic N) is 2. The number of hydrogen-bond donors (Lipinski definition) is 0. The molecule has 0 N–H and O–H groups in total. The summed E-state index contributed by atoms with van der Waals surface area (Å²) in [5, 5.41) is 7.57. The van der Waals surface area contributed by atoms with Gasteiger partial charge in [0.1, 0.15) is 0 Å². The Morgan fingerprint density at radius 2 is 1.80 bits per heavy atom. The Hall–Kier alpha value is -3.16. The minimum Gasteiger partial charge on any atom is -0.452 e. The molecule has 128 valence electrons. The molecule has 3 rings (SSSR count). The lowest BCUT2D eigenvalue weighted by atomic mass is 10.1. The van der Waals surface area contributed by atoms with Crippen LogP contribution in [0.5, 0.6) is 0 Å². The average molecular weight is 348 g/mol. The number of benzene rings is 2. The lowest BCUT2D eigenvalue weighted by Gasteiger charge is -2.08. The third kappa shape index (κ3) is 4.03. The standard InChI is InChI=1S/C17H11F3N2O3/c18-17(19,20)13-8-4-7-12(9-13)16(23)24-10-14-21-22-15(25-14)11-5-2-1-3-6-11/h1-9H,10H2. The smallest absolute Gasteiger partial charge is 0.416 e. The number of rotatable bonds is 4. The van der Waals surface area contributed by atoms with Gasteiger partial charge in [0.25, 0.3) is 5.89 Å². The highest BCUT2D eigenvalue weighted by atomic mass is 19.4. The van der Waals surface area contributed by atoms with Crippen LogP contribution in [-0.2, 0) is 17.5 Å². The fourth-order valence-electron chi connectivity index (χ4n) is 2.04. The van der Waals surface area contributed by atoms with E-state index in [4.69, 9.17) is 9.15 Å². The molecule has 0 fully saturated rings. The van der Waals surface area contributed by atoms with Crippen LogP contribution < -0.4 is 0 Å². The molecule has 5 nitrogen and oxygen atoms in total. The second-order valence-electron chi connectivity index (χ2n) is 5.02. The van der Waals surface area contributed by atoms with Gasteiger partial charge in [-0.3, -0.25) is 0 Å². The summed E-state index contributed by atoms with van der Waals surface area (Å²) in [5.41, 5.74) is -0.436. The number of alkyl halides is 3. The fourth-order valence-corrected chi connectivity index (χ4v) is 2.04. The number of carbonyl (C=O) groups excluding carboxylic acids is 1. The molecular formula is C17H11F3N2O3. The minimum absolute atomic E-state index is 0.0409. The van der Waals surface area contributed by atoms with Gasteiger partial charge in [-0.25, -0.2) is 4.79 Å². The predicted octanol–water partition coefficient (Wildman–Crippen LogP) is 4.11. The summed E-state index contributed by atoms with van der Waals surface area (Å²) in [6, 6.07) is 12.9. The maximum Gasteiger partial charge on any atom is 0.416 e. The molecule has 2 aromatic carbocycles. The quantitative estimate of drug-likeness (QED) is 0.664. The predicted molar refractivity (Wildman–Crippen MR) is 80.3 cm³/mol. The van der Waals surface area contributed by atoms with Gasteiger partial charge in [-0.2, -0.15) is 13.2 Å². The lowest BCUT2D eigenvalue weighted by Crippen LogP contribution is -2.09. The zero-order valence-electron chi connectivity index (χ0n) is 12.7. The minimum atomic E-state index is -4.53. The highest BCUT2D eigenvalue weighted by Crippen LogP contribution is 2.29. The van der Waals surface area contributed by atoms with Gasteiger partial charge in [0, 0.05) is 5.56 Å². The van der Waals surface area contributed by atoms with E-state index in [1.807, 2.05) is 6.07 Å². The highest BCUT2D eigenvalue weighted by Gasteiger charge is 2.31. The molecule has 0 radical (unpaired) electrons. The number of aromatic nitrogens is 2. The van der Waals surface area contributed by atoms with Gasteiger partial charge in [0.15, 0.2) is 6.61 Å². The van der Waals surface area contributed by atoms with Crippen molar-refractivity contribution in [1.29, 1.82) is 0 Å². The van der Waals surface area contributed by atoms with Crippen LogP contribution in [0.3, 0.4) is 0 Å². The molecule has 0 amide bonds. The van der Waals surface area contributed by atoms with Crippen LogP contribution in [0.1, 0.15) is 21.8 Å². The van der Waals surface area contributed by atoms with E-state index in [0.29, 0.717) is 5.56 Å². The van der Waals surface area contributed by atoms with Crippen LogP contribution in [0.2, 0.25) is 0 Å². The van der Waals surface area contributed by atoms with E-state index in [1.165, 1.54) is 6.07 Å². The van der Waals surface area contributed by atoms with Crippen molar-refractivity contribution in [3.05, 3.63) is 71.6 Å². The van der Waals surface area contributed by atoms with E-state index >= 15 is 0 Å². The molecular weight excluding hydrogens is 337 g/mol. The molecule has 25 heavy (non-hydrogen) atoms. The van der Waals surface area contributed by atoms with E-state index in [1.54, 1.807) is 24.3 Å². The third-order valence-electron chi connectivity index (χ3n) is 3.24. The van der Waals surface area contributed by atoms with E-state index in [2.05, 4.69) is 10.2 Å². The Balaban J connectivity index is 1.66. The molecule has 0 spiro atoms. The molecule has 0 unspecified atom stereocenters. The zero-order chi connectivity index (χ0) is 17.9. The number of hydrogen-bond acceptors (Lipinski definition) is 5. The first-order valence-corrected chi connectivity index (χ1v) is 7.15. The molecule has 0 atom stereocenters. The van der Waals surface area contributed by atoms with Crippen LogP contribution in [0.4, 0.5) is 13.2 Å². The molecule has 0 aliphatic heterocycles. The normalized spacial score (nSPS) is 11.3. The van der Waals surface area contributed by atoms with Crippen LogP contribution in [0, 0.1) is 0 Å². The van der Waals surface area contributed by atoms with Crippen LogP contribution in [0.25, 0.3) is 11.5 Å². The van der Waals surface area contributed by atoms with Gasteiger partial charge in [-0.05, 0) is 30.3 Å². The van der Waals surface area contributed by atoms with E-state index in [-0.39, 0.29) is 24.0 Å². The van der Waals surface area contributed by atoms with Gasteiger partial charge >= 0.3 is 12.1 Å². The Morgan fingerprint density at radius 3 is 2.52 bits per heavy atom. The van der Waals surface area contributed by atoms with Crippen LogP contribution in [-0.4, -0.2) is 16.2 Å². The summed E-state index contributed by atoms with van der Waals surface area (Å²) < 4.78 is 48.3. The molecule has 1 aromatic heterocycles. The molecule has 3 aromatic rings. The zero-order valence-corrected chi connectivity index (χ0v) is 12.7. The molecule has 0 saturated heterocycles. The summed E-state index contributed by atoms with van der Waals surface area (Å²) in [4.78, 5) is 11.9. The molecule has 0 aliphatic carbocycles. The number of halogens is 3. The van der Waals surface area contributed by atoms with Crippen molar-refractivity contribution in [2.45, 2.75) is 12.8 Å². The van der Waals surface area contributed by atoms with Crippen molar-refractivity contribution < 1.29 is 27.1 Å². The molecule has 8 heteroatoms. The van der Waals surface area contributed by atoms with Gasteiger partial charge < -0.3 is 9.15 Å². The first kappa shape index (κ1) is 16.7. The van der Waals surface area contributed by atoms with Crippen molar-refractivity contribution in [2.75, 3.05) is 0 Å². The Kier molecular flexibility index (Phi) is 4.51. The van der Waals surface area contributed by atoms with Gasteiger partial charge in [-0.15, -0.1) is 10.2 Å². The first-order chi connectivity index (χ1) is 11.9. The Labute approximate surface area is 140 Å². The average Bonchev–Trinajstić information content (AvgIpc) is 3.09. The van der Waals surface area contributed by atoms with Gasteiger partial charge in [-0.1, -0.05) is 24.3 Å². The molecule has 0 aliphatic rings. The van der Waals surface area contributed by atoms with E-state index in [0.717, 1.165) is 18.2 Å². The largest absolute Gasteiger partial charge is 0.452 e. The summed E-state index contributed by atoms with van der Waals surface area (Å²) >= 11 is 0. The van der Waals surface area contributed by atoms with Crippen molar-refractivity contribution >= 4 is 5.97 Å². The fraction of sp³-hybridized carbons (Fsp3) is 0.118. The Morgan fingerprint density at radius 1 is 1.04 bits per heavy atom. The second-order valence-corrected chi connectivity index (χ2v) is 5.02. The van der Waals surface area contributed by atoms with E-state index in [9.17, 15) is 18.0 Å². The van der Waals surface area contributed by atoms with Gasteiger partial charge in [0.2, 0.25) is 5.89 Å². The monoisotopic (exact) mass is 348 g/mol.